The zero-order chi connectivity index (χ0) is 45.9. The zero-order valence-corrected chi connectivity index (χ0v) is 40.1. The second-order valence-corrected chi connectivity index (χ2v) is 17.6. The molecule has 10 nitrogen and oxygen atoms in total. The average Bonchev–Trinajstić information content (AvgIpc) is 3.28. The average molecular weight is 891 g/mol. The van der Waals surface area contributed by atoms with Crippen LogP contribution >= 0.6 is 0 Å². The number of hydrogen-bond acceptors (Lipinski definition) is 10. The molecule has 1 saturated heterocycles. The van der Waals surface area contributed by atoms with Crippen molar-refractivity contribution in [3.05, 3.63) is 48.6 Å². The van der Waals surface area contributed by atoms with Gasteiger partial charge in [-0.3, -0.25) is 9.59 Å². The normalized spacial score (nSPS) is 19.9. The monoisotopic (exact) mass is 891 g/mol. The summed E-state index contributed by atoms with van der Waals surface area (Å²) in [7, 11) is 0. The van der Waals surface area contributed by atoms with Gasteiger partial charge in [-0.1, -0.05) is 178 Å². The van der Waals surface area contributed by atoms with Crippen LogP contribution in [0.2, 0.25) is 0 Å². The van der Waals surface area contributed by atoms with Crippen LogP contribution in [0.15, 0.2) is 48.6 Å². The van der Waals surface area contributed by atoms with Crippen molar-refractivity contribution in [1.29, 1.82) is 0 Å². The molecule has 6 atom stereocenters. The maximum atomic E-state index is 12.8. The van der Waals surface area contributed by atoms with Crippen LogP contribution in [0.5, 0.6) is 0 Å². The smallest absolute Gasteiger partial charge is 0.306 e. The summed E-state index contributed by atoms with van der Waals surface area (Å²) in [6.45, 7) is 3.39. The third-order valence-corrected chi connectivity index (χ3v) is 11.7. The predicted molar refractivity (Wildman–Crippen MR) is 256 cm³/mol. The Kier molecular flexibility index (Phi) is 40.6. The highest BCUT2D eigenvalue weighted by atomic mass is 16.7. The summed E-state index contributed by atoms with van der Waals surface area (Å²) in [6, 6.07) is 0. The Bertz CT molecular complexity index is 1170. The first-order valence-corrected chi connectivity index (χ1v) is 25.7. The van der Waals surface area contributed by atoms with Crippen molar-refractivity contribution in [3.8, 4) is 0 Å². The van der Waals surface area contributed by atoms with Crippen LogP contribution in [-0.4, -0.2) is 89.0 Å². The summed E-state index contributed by atoms with van der Waals surface area (Å²) < 4.78 is 22.2. The molecule has 1 heterocycles. The Hall–Kier alpha value is -2.34. The van der Waals surface area contributed by atoms with Crippen molar-refractivity contribution >= 4 is 11.9 Å². The minimum atomic E-state index is -1.60. The van der Waals surface area contributed by atoms with Gasteiger partial charge in [-0.2, -0.15) is 0 Å². The fourth-order valence-electron chi connectivity index (χ4n) is 7.60. The van der Waals surface area contributed by atoms with E-state index < -0.39 is 49.4 Å². The summed E-state index contributed by atoms with van der Waals surface area (Å²) in [5, 5.41) is 40.2. The quantitative estimate of drug-likeness (QED) is 0.0264. The Morgan fingerprint density at radius 2 is 0.889 bits per heavy atom. The minimum absolute atomic E-state index is 0.224. The number of aliphatic hydroxyl groups excluding tert-OH is 4. The van der Waals surface area contributed by atoms with Crippen LogP contribution in [0.1, 0.15) is 219 Å². The van der Waals surface area contributed by atoms with E-state index in [1.165, 1.54) is 116 Å². The van der Waals surface area contributed by atoms with Crippen LogP contribution in [-0.2, 0) is 28.5 Å². The van der Waals surface area contributed by atoms with Gasteiger partial charge in [-0.15, -0.1) is 0 Å². The minimum Gasteiger partial charge on any atom is -0.462 e. The van der Waals surface area contributed by atoms with Gasteiger partial charge in [0.2, 0.25) is 0 Å². The highest BCUT2D eigenvalue weighted by Gasteiger charge is 2.44. The molecule has 1 fully saturated rings. The van der Waals surface area contributed by atoms with Crippen molar-refractivity contribution in [2.24, 2.45) is 0 Å². The number of carbonyl (C=O) groups is 2. The van der Waals surface area contributed by atoms with Crippen molar-refractivity contribution in [3.63, 3.8) is 0 Å². The maximum Gasteiger partial charge on any atom is 0.306 e. The molecule has 1 rings (SSSR count). The van der Waals surface area contributed by atoms with Gasteiger partial charge in [0.25, 0.3) is 0 Å². The first-order valence-electron chi connectivity index (χ1n) is 25.7. The standard InChI is InChI=1S/C53H94O10/c1-3-5-7-9-11-13-15-17-19-20-21-22-23-24-25-26-28-30-32-34-36-38-40-42-49(56)62-46(45-61-53-52(59)51(58)50(57)47(43-54)63-53)44-60-48(55)41-39-37-35-33-31-29-27-18-16-14-12-10-8-6-4-2/h12,14-15,17-18,20-21,27,46-47,50-54,57-59H,3-11,13,16,19,22-26,28-45H2,1-2H3/b14-12-,17-15-,21-20-,27-18-. The van der Waals surface area contributed by atoms with Gasteiger partial charge < -0.3 is 39.4 Å². The summed E-state index contributed by atoms with van der Waals surface area (Å²) in [4.78, 5) is 25.4. The lowest BCUT2D eigenvalue weighted by molar-refractivity contribution is -0.305. The van der Waals surface area contributed by atoms with E-state index in [0.717, 1.165) is 64.2 Å². The molecule has 366 valence electrons. The first kappa shape index (κ1) is 58.7. The van der Waals surface area contributed by atoms with E-state index in [2.05, 4.69) is 62.5 Å². The molecule has 0 spiro atoms. The topological polar surface area (TPSA) is 152 Å². The van der Waals surface area contributed by atoms with Gasteiger partial charge in [-0.25, -0.2) is 0 Å². The van der Waals surface area contributed by atoms with Crippen molar-refractivity contribution in [1.82, 2.24) is 0 Å². The number of aliphatic hydroxyl groups is 4. The van der Waals surface area contributed by atoms with Gasteiger partial charge in [0.05, 0.1) is 13.2 Å². The van der Waals surface area contributed by atoms with E-state index in [-0.39, 0.29) is 32.0 Å². The lowest BCUT2D eigenvalue weighted by Gasteiger charge is -2.39. The third-order valence-electron chi connectivity index (χ3n) is 11.7. The molecule has 0 amide bonds. The van der Waals surface area contributed by atoms with Gasteiger partial charge in [0, 0.05) is 12.8 Å². The molecule has 63 heavy (non-hydrogen) atoms. The SMILES string of the molecule is CCCCC/C=C\C/C=C\CCCCCCCC(=O)OCC(COC1OC(CO)C(O)C(O)C1O)OC(=O)CCCCCCCCCCCCC/C=C\C/C=C\CCCCCCC. The molecule has 10 heteroatoms. The summed E-state index contributed by atoms with van der Waals surface area (Å²) >= 11 is 0. The molecule has 0 bridgehead atoms. The van der Waals surface area contributed by atoms with Crippen LogP contribution < -0.4 is 0 Å². The van der Waals surface area contributed by atoms with E-state index >= 15 is 0 Å². The van der Waals surface area contributed by atoms with E-state index in [9.17, 15) is 30.0 Å². The van der Waals surface area contributed by atoms with Crippen molar-refractivity contribution in [2.75, 3.05) is 19.8 Å². The predicted octanol–water partition coefficient (Wildman–Crippen LogP) is 12.0. The van der Waals surface area contributed by atoms with E-state index in [0.29, 0.717) is 12.8 Å². The number of hydrogen-bond donors (Lipinski definition) is 4. The van der Waals surface area contributed by atoms with E-state index in [1.807, 2.05) is 0 Å². The lowest BCUT2D eigenvalue weighted by Crippen LogP contribution is -2.59. The second-order valence-electron chi connectivity index (χ2n) is 17.6. The highest BCUT2D eigenvalue weighted by Crippen LogP contribution is 2.23. The van der Waals surface area contributed by atoms with Crippen molar-refractivity contribution in [2.45, 2.75) is 256 Å². The second kappa shape index (κ2) is 43.5. The molecule has 0 aliphatic carbocycles. The lowest BCUT2D eigenvalue weighted by atomic mass is 9.99. The maximum absolute atomic E-state index is 12.8. The number of rotatable bonds is 43. The molecule has 6 unspecified atom stereocenters. The summed E-state index contributed by atoms with van der Waals surface area (Å²) in [5.41, 5.74) is 0. The molecule has 0 aromatic carbocycles. The number of unbranched alkanes of at least 4 members (excludes halogenated alkanes) is 24. The molecule has 1 aliphatic heterocycles. The molecule has 0 saturated carbocycles. The highest BCUT2D eigenvalue weighted by molar-refractivity contribution is 5.70. The zero-order valence-electron chi connectivity index (χ0n) is 40.1. The fourth-order valence-corrected chi connectivity index (χ4v) is 7.60. The summed E-state index contributed by atoms with van der Waals surface area (Å²) in [6.07, 6.45) is 45.4. The molecule has 0 radical (unpaired) electrons. The third kappa shape index (κ3) is 34.6. The number of esters is 2. The van der Waals surface area contributed by atoms with Gasteiger partial charge in [0.1, 0.15) is 31.0 Å². The molecular weight excluding hydrogens is 797 g/mol. The van der Waals surface area contributed by atoms with Crippen molar-refractivity contribution < 1.29 is 49.0 Å². The van der Waals surface area contributed by atoms with Gasteiger partial charge in [0.15, 0.2) is 12.4 Å². The molecule has 0 aromatic rings. The number of allylic oxidation sites excluding steroid dienone is 8. The number of carbonyl (C=O) groups excluding carboxylic acids is 2. The van der Waals surface area contributed by atoms with E-state index in [1.54, 1.807) is 0 Å². The largest absolute Gasteiger partial charge is 0.462 e. The first-order chi connectivity index (χ1) is 30.8. The van der Waals surface area contributed by atoms with Crippen LogP contribution in [0, 0.1) is 0 Å². The molecular formula is C53H94O10. The Morgan fingerprint density at radius 1 is 0.492 bits per heavy atom. The van der Waals surface area contributed by atoms with Crippen LogP contribution in [0.4, 0.5) is 0 Å². The van der Waals surface area contributed by atoms with Crippen LogP contribution in [0.3, 0.4) is 0 Å². The summed E-state index contributed by atoms with van der Waals surface area (Å²) in [5.74, 6) is -0.821. The van der Waals surface area contributed by atoms with Gasteiger partial charge in [-0.05, 0) is 77.0 Å². The molecule has 4 N–H and O–H groups in total. The molecule has 0 aromatic heterocycles. The van der Waals surface area contributed by atoms with Crippen LogP contribution in [0.25, 0.3) is 0 Å². The Balaban J connectivity index is 2.26. The van der Waals surface area contributed by atoms with E-state index in [4.69, 9.17) is 18.9 Å². The number of ether oxygens (including phenoxy) is 4. The van der Waals surface area contributed by atoms with Gasteiger partial charge >= 0.3 is 11.9 Å². The fraction of sp³-hybridized carbons (Fsp3) is 0.811. The molecule has 1 aliphatic rings. The Morgan fingerprint density at radius 3 is 1.35 bits per heavy atom. The Labute approximate surface area is 384 Å².